The Bertz CT molecular complexity index is 1380. The van der Waals surface area contributed by atoms with Crippen molar-refractivity contribution in [2.24, 2.45) is 0 Å². The number of nitro groups is 1. The summed E-state index contributed by atoms with van der Waals surface area (Å²) in [5.41, 5.74) is 2.81. The molecule has 0 bridgehead atoms. The van der Waals surface area contributed by atoms with Crippen LogP contribution in [0.2, 0.25) is 0 Å². The molecule has 0 saturated carbocycles. The quantitative estimate of drug-likeness (QED) is 0.113. The third-order valence-electron chi connectivity index (χ3n) is 5.79. The number of nitrogens with one attached hydrogen (secondary N) is 1. The molecule has 2 aromatic carbocycles. The monoisotopic (exact) mass is 503 g/mol. The van der Waals surface area contributed by atoms with Gasteiger partial charge in [-0.2, -0.15) is 4.98 Å². The molecule has 0 fully saturated rings. The second-order valence-corrected chi connectivity index (χ2v) is 9.42. The molecule has 1 aliphatic heterocycles. The van der Waals surface area contributed by atoms with Crippen molar-refractivity contribution in [3.63, 3.8) is 0 Å². The number of hydrogen-bond acceptors (Lipinski definition) is 9. The summed E-state index contributed by atoms with van der Waals surface area (Å²) in [6.07, 6.45) is 4.01. The average molecular weight is 504 g/mol. The third-order valence-corrected chi connectivity index (χ3v) is 6.71. The van der Waals surface area contributed by atoms with Crippen LogP contribution in [0.25, 0.3) is 22.6 Å². The summed E-state index contributed by atoms with van der Waals surface area (Å²) in [6.45, 7) is 2.19. The van der Waals surface area contributed by atoms with Gasteiger partial charge < -0.3 is 14.5 Å². The van der Waals surface area contributed by atoms with E-state index in [1.54, 1.807) is 36.0 Å². The Morgan fingerprint density at radius 1 is 1.06 bits per heavy atom. The average Bonchev–Trinajstić information content (AvgIpc) is 3.33. The van der Waals surface area contributed by atoms with Crippen molar-refractivity contribution in [1.29, 1.82) is 0 Å². The fraction of sp³-hybridized carbons (Fsp3) is 0.269. The number of non-ortho nitro benzene ring substituents is 1. The number of nitro benzene ring substituents is 1. The third kappa shape index (κ3) is 5.18. The van der Waals surface area contributed by atoms with Gasteiger partial charge in [0, 0.05) is 34.7 Å². The number of unbranched alkanes of at least 4 members (excludes halogenated alkanes) is 3. The van der Waals surface area contributed by atoms with Crippen molar-refractivity contribution in [2.75, 3.05) is 11.1 Å². The predicted molar refractivity (Wildman–Crippen MR) is 138 cm³/mol. The first kappa shape index (κ1) is 23.8. The van der Waals surface area contributed by atoms with Crippen molar-refractivity contribution < 1.29 is 14.1 Å². The number of ether oxygens (including phenoxy) is 1. The van der Waals surface area contributed by atoms with Crippen molar-refractivity contribution in [3.05, 3.63) is 76.5 Å². The number of aromatic nitrogens is 3. The molecule has 0 radical (unpaired) electrons. The molecule has 9 nitrogen and oxygen atoms in total. The highest BCUT2D eigenvalue weighted by atomic mass is 32.2. The van der Waals surface area contributed by atoms with Crippen molar-refractivity contribution in [1.82, 2.24) is 15.2 Å². The van der Waals surface area contributed by atoms with Crippen LogP contribution < -0.4 is 10.1 Å². The highest BCUT2D eigenvalue weighted by molar-refractivity contribution is 7.99. The Morgan fingerprint density at radius 2 is 1.94 bits per heavy atom. The number of hydrogen-bond donors (Lipinski definition) is 1. The number of thioether (sulfide) groups is 1. The second-order valence-electron chi connectivity index (χ2n) is 8.35. The predicted octanol–water partition coefficient (Wildman–Crippen LogP) is 6.88. The summed E-state index contributed by atoms with van der Waals surface area (Å²) >= 11 is 1.57. The molecule has 1 N–H and O–H groups in total. The molecule has 0 saturated heterocycles. The van der Waals surface area contributed by atoms with Crippen LogP contribution in [0.5, 0.6) is 5.88 Å². The van der Waals surface area contributed by atoms with Gasteiger partial charge in [0.15, 0.2) is 11.5 Å². The lowest BCUT2D eigenvalue weighted by atomic mass is 10.1. The van der Waals surface area contributed by atoms with Gasteiger partial charge in [-0.25, -0.2) is 0 Å². The molecule has 10 heteroatoms. The molecule has 1 atom stereocenters. The lowest BCUT2D eigenvalue weighted by Crippen LogP contribution is -2.16. The maximum absolute atomic E-state index is 11.2. The topological polar surface area (TPSA) is 116 Å². The number of anilines is 1. The van der Waals surface area contributed by atoms with Crippen LogP contribution in [0.15, 0.2) is 70.2 Å². The van der Waals surface area contributed by atoms with Crippen molar-refractivity contribution in [3.8, 4) is 28.5 Å². The standard InChI is InChI=1S/C26H25N5O4S/c1-2-3-4-7-15-36-26-28-25-23(29-30-26)19-11-5-6-12-20(19)27-24(35-25)22-14-13-21(34-22)17-9-8-10-18(16-17)31(32)33/h5-6,8-14,16,24,27H,2-4,7,15H2,1H3. The van der Waals surface area contributed by atoms with E-state index < -0.39 is 11.2 Å². The summed E-state index contributed by atoms with van der Waals surface area (Å²) in [7, 11) is 0. The van der Waals surface area contributed by atoms with E-state index in [-0.39, 0.29) is 5.69 Å². The molecule has 184 valence electrons. The Balaban J connectivity index is 1.43. The van der Waals surface area contributed by atoms with Crippen LogP contribution in [-0.2, 0) is 0 Å². The van der Waals surface area contributed by atoms with Crippen LogP contribution >= 0.6 is 11.8 Å². The van der Waals surface area contributed by atoms with E-state index in [0.717, 1.165) is 23.4 Å². The zero-order valence-corrected chi connectivity index (χ0v) is 20.5. The summed E-state index contributed by atoms with van der Waals surface area (Å²) in [5, 5.41) is 23.9. The SMILES string of the molecule is CCCCCCSc1nnc2c(n1)OC(c1ccc(-c3cccc([N+](=O)[O-])c3)o1)Nc1ccccc1-2. The van der Waals surface area contributed by atoms with E-state index in [1.807, 2.05) is 24.3 Å². The van der Waals surface area contributed by atoms with E-state index in [4.69, 9.17) is 9.15 Å². The largest absolute Gasteiger partial charge is 0.455 e. The normalized spacial score (nSPS) is 14.2. The van der Waals surface area contributed by atoms with E-state index in [1.165, 1.54) is 31.4 Å². The van der Waals surface area contributed by atoms with E-state index in [9.17, 15) is 10.1 Å². The molecule has 5 rings (SSSR count). The first-order chi connectivity index (χ1) is 17.6. The lowest BCUT2D eigenvalue weighted by Gasteiger charge is -2.16. The zero-order valence-electron chi connectivity index (χ0n) is 19.7. The summed E-state index contributed by atoms with van der Waals surface area (Å²) in [5.74, 6) is 2.30. The van der Waals surface area contributed by atoms with Gasteiger partial charge in [0.2, 0.25) is 17.3 Å². The van der Waals surface area contributed by atoms with Crippen LogP contribution in [0, 0.1) is 10.1 Å². The number of nitrogens with zero attached hydrogens (tertiary/aromatic N) is 4. The fourth-order valence-electron chi connectivity index (χ4n) is 3.95. The number of para-hydroxylation sites is 1. The minimum atomic E-state index is -0.682. The maximum atomic E-state index is 11.2. The van der Waals surface area contributed by atoms with Crippen LogP contribution in [0.4, 0.5) is 11.4 Å². The Hall–Kier alpha value is -3.92. The first-order valence-corrected chi connectivity index (χ1v) is 12.9. The second kappa shape index (κ2) is 10.8. The van der Waals surface area contributed by atoms with Gasteiger partial charge in [0.1, 0.15) is 5.76 Å². The molecule has 0 aliphatic carbocycles. The van der Waals surface area contributed by atoms with Gasteiger partial charge in [-0.15, -0.1) is 10.2 Å². The van der Waals surface area contributed by atoms with Gasteiger partial charge >= 0.3 is 0 Å². The van der Waals surface area contributed by atoms with Crippen LogP contribution in [0.3, 0.4) is 0 Å². The molecule has 0 amide bonds. The molecule has 36 heavy (non-hydrogen) atoms. The first-order valence-electron chi connectivity index (χ1n) is 11.9. The van der Waals surface area contributed by atoms with Gasteiger partial charge in [-0.1, -0.05) is 68.3 Å². The van der Waals surface area contributed by atoms with Gasteiger partial charge in [0.25, 0.3) is 5.69 Å². The van der Waals surface area contributed by atoms with Gasteiger partial charge in [-0.3, -0.25) is 10.1 Å². The molecule has 3 heterocycles. The summed E-state index contributed by atoms with van der Waals surface area (Å²) in [4.78, 5) is 15.4. The van der Waals surface area contributed by atoms with E-state index >= 15 is 0 Å². The smallest absolute Gasteiger partial charge is 0.270 e. The molecule has 2 aromatic heterocycles. The number of furan rings is 1. The molecule has 4 aromatic rings. The fourth-order valence-corrected chi connectivity index (χ4v) is 4.73. The Labute approximate surface area is 212 Å². The number of fused-ring (bicyclic) bond motifs is 3. The minimum Gasteiger partial charge on any atom is -0.455 e. The van der Waals surface area contributed by atoms with Crippen LogP contribution in [0.1, 0.15) is 44.6 Å². The maximum Gasteiger partial charge on any atom is 0.270 e. The molecule has 1 aliphatic rings. The Kier molecular flexibility index (Phi) is 7.13. The van der Waals surface area contributed by atoms with Crippen molar-refractivity contribution in [2.45, 2.75) is 44.0 Å². The van der Waals surface area contributed by atoms with E-state index in [0.29, 0.717) is 33.8 Å². The number of benzene rings is 2. The van der Waals surface area contributed by atoms with Gasteiger partial charge in [-0.05, 0) is 24.6 Å². The summed E-state index contributed by atoms with van der Waals surface area (Å²) < 4.78 is 12.4. The minimum absolute atomic E-state index is 0.000330. The van der Waals surface area contributed by atoms with Crippen LogP contribution in [-0.4, -0.2) is 25.9 Å². The highest BCUT2D eigenvalue weighted by Crippen LogP contribution is 2.40. The molecular formula is C26H25N5O4S. The zero-order chi connectivity index (χ0) is 24.9. The number of rotatable bonds is 9. The Morgan fingerprint density at radius 3 is 2.81 bits per heavy atom. The lowest BCUT2D eigenvalue weighted by molar-refractivity contribution is -0.384. The summed E-state index contributed by atoms with van der Waals surface area (Å²) in [6, 6.07) is 17.6. The molecular weight excluding hydrogens is 478 g/mol. The van der Waals surface area contributed by atoms with Gasteiger partial charge in [0.05, 0.1) is 4.92 Å². The van der Waals surface area contributed by atoms with Crippen molar-refractivity contribution >= 4 is 23.1 Å². The highest BCUT2D eigenvalue weighted by Gasteiger charge is 2.28. The molecule has 1 unspecified atom stereocenters. The molecule has 0 spiro atoms. The van der Waals surface area contributed by atoms with E-state index in [2.05, 4.69) is 27.4 Å².